The molecule has 1 heterocycles. The lowest BCUT2D eigenvalue weighted by Gasteiger charge is -2.01. The Morgan fingerprint density at radius 3 is 1.83 bits per heavy atom. The average Bonchev–Trinajstić information content (AvgIpc) is 2.48. The summed E-state index contributed by atoms with van der Waals surface area (Å²) >= 11 is 0. The van der Waals surface area contributed by atoms with E-state index in [0.717, 1.165) is 0 Å². The molecule has 1 aliphatic rings. The number of hydrogen-bond acceptors (Lipinski definition) is 2. The Balaban J connectivity index is 0.000000336. The number of fused-ring (bicyclic) bond motifs is 1. The highest BCUT2D eigenvalue weighted by Gasteiger charge is 2.12. The van der Waals surface area contributed by atoms with Gasteiger partial charge < -0.3 is 10.6 Å². The van der Waals surface area contributed by atoms with Crippen LogP contribution in [-0.4, -0.2) is 6.17 Å². The standard InChI is InChI=1S/C8H10N2.C2H6/c1-6-9-7-4-2-3-5-8(7)10-6;1-2/h2-6,9-10H,1H3;1-2H3. The van der Waals surface area contributed by atoms with E-state index in [1.165, 1.54) is 11.4 Å². The van der Waals surface area contributed by atoms with Gasteiger partial charge in [-0.05, 0) is 19.1 Å². The molecule has 0 aliphatic carbocycles. The second-order valence-corrected chi connectivity index (χ2v) is 2.56. The molecule has 66 valence electrons. The van der Waals surface area contributed by atoms with E-state index in [1.807, 2.05) is 26.0 Å². The average molecular weight is 164 g/mol. The molecular formula is C10H16N2. The fourth-order valence-corrected chi connectivity index (χ4v) is 1.24. The molecule has 0 atom stereocenters. The first kappa shape index (κ1) is 8.91. The van der Waals surface area contributed by atoms with Crippen LogP contribution in [0.25, 0.3) is 0 Å². The van der Waals surface area contributed by atoms with Crippen molar-refractivity contribution in [1.29, 1.82) is 0 Å². The van der Waals surface area contributed by atoms with E-state index in [1.54, 1.807) is 0 Å². The molecule has 1 aromatic carbocycles. The van der Waals surface area contributed by atoms with Gasteiger partial charge in [0.25, 0.3) is 0 Å². The fourth-order valence-electron chi connectivity index (χ4n) is 1.24. The van der Waals surface area contributed by atoms with Gasteiger partial charge in [0, 0.05) is 0 Å². The van der Waals surface area contributed by atoms with Gasteiger partial charge >= 0.3 is 0 Å². The van der Waals surface area contributed by atoms with Crippen molar-refractivity contribution in [3.8, 4) is 0 Å². The summed E-state index contributed by atoms with van der Waals surface area (Å²) in [7, 11) is 0. The van der Waals surface area contributed by atoms with Crippen molar-refractivity contribution >= 4 is 11.4 Å². The third-order valence-corrected chi connectivity index (χ3v) is 1.67. The first-order valence-corrected chi connectivity index (χ1v) is 4.48. The highest BCUT2D eigenvalue weighted by Crippen LogP contribution is 2.27. The maximum absolute atomic E-state index is 3.29. The van der Waals surface area contributed by atoms with Crippen molar-refractivity contribution in [2.45, 2.75) is 26.9 Å². The minimum Gasteiger partial charge on any atom is -0.364 e. The van der Waals surface area contributed by atoms with Crippen LogP contribution in [0, 0.1) is 0 Å². The molecule has 0 fully saturated rings. The van der Waals surface area contributed by atoms with Crippen LogP contribution in [0.5, 0.6) is 0 Å². The van der Waals surface area contributed by atoms with Crippen LogP contribution in [0.15, 0.2) is 24.3 Å². The van der Waals surface area contributed by atoms with E-state index in [0.29, 0.717) is 6.17 Å². The van der Waals surface area contributed by atoms with E-state index < -0.39 is 0 Å². The van der Waals surface area contributed by atoms with Crippen LogP contribution in [0.2, 0.25) is 0 Å². The first-order chi connectivity index (χ1) is 5.86. The molecule has 1 aliphatic heterocycles. The third kappa shape index (κ3) is 1.70. The van der Waals surface area contributed by atoms with Crippen molar-refractivity contribution in [2.75, 3.05) is 10.6 Å². The van der Waals surface area contributed by atoms with Crippen molar-refractivity contribution in [3.05, 3.63) is 24.3 Å². The number of benzene rings is 1. The van der Waals surface area contributed by atoms with E-state index in [-0.39, 0.29) is 0 Å². The number of para-hydroxylation sites is 2. The van der Waals surface area contributed by atoms with Gasteiger partial charge in [0.2, 0.25) is 0 Å². The van der Waals surface area contributed by atoms with Gasteiger partial charge in [0.05, 0.1) is 17.5 Å². The molecule has 0 amide bonds. The smallest absolute Gasteiger partial charge is 0.0935 e. The molecule has 2 N–H and O–H groups in total. The Kier molecular flexibility index (Phi) is 2.97. The minimum atomic E-state index is 0.373. The number of rotatable bonds is 0. The molecule has 0 radical (unpaired) electrons. The SMILES string of the molecule is CC.CC1Nc2ccccc2N1. The molecule has 2 rings (SSSR count). The zero-order valence-corrected chi connectivity index (χ0v) is 7.89. The molecule has 12 heavy (non-hydrogen) atoms. The maximum Gasteiger partial charge on any atom is 0.0935 e. The Morgan fingerprint density at radius 1 is 1.00 bits per heavy atom. The van der Waals surface area contributed by atoms with Crippen molar-refractivity contribution < 1.29 is 0 Å². The second kappa shape index (κ2) is 4.00. The van der Waals surface area contributed by atoms with E-state index in [2.05, 4.69) is 29.7 Å². The molecule has 2 nitrogen and oxygen atoms in total. The van der Waals surface area contributed by atoms with E-state index in [4.69, 9.17) is 0 Å². The van der Waals surface area contributed by atoms with Crippen LogP contribution < -0.4 is 10.6 Å². The molecule has 0 aromatic heterocycles. The van der Waals surface area contributed by atoms with Crippen LogP contribution in [0.1, 0.15) is 20.8 Å². The Bertz CT molecular complexity index is 220. The molecule has 0 saturated heterocycles. The highest BCUT2D eigenvalue weighted by molar-refractivity contribution is 5.73. The lowest BCUT2D eigenvalue weighted by molar-refractivity contribution is 0.956. The van der Waals surface area contributed by atoms with E-state index >= 15 is 0 Å². The van der Waals surface area contributed by atoms with E-state index in [9.17, 15) is 0 Å². The van der Waals surface area contributed by atoms with Crippen molar-refractivity contribution in [1.82, 2.24) is 0 Å². The first-order valence-electron chi connectivity index (χ1n) is 4.48. The largest absolute Gasteiger partial charge is 0.364 e. The predicted octanol–water partition coefficient (Wildman–Crippen LogP) is 2.90. The normalized spacial score (nSPS) is 13.6. The summed E-state index contributed by atoms with van der Waals surface area (Å²) in [4.78, 5) is 0. The zero-order chi connectivity index (χ0) is 8.97. The fraction of sp³-hybridized carbons (Fsp3) is 0.400. The topological polar surface area (TPSA) is 24.1 Å². The maximum atomic E-state index is 3.29. The van der Waals surface area contributed by atoms with Gasteiger partial charge in [-0.2, -0.15) is 0 Å². The summed E-state index contributed by atoms with van der Waals surface area (Å²) < 4.78 is 0. The molecule has 0 spiro atoms. The Morgan fingerprint density at radius 2 is 1.42 bits per heavy atom. The summed E-state index contributed by atoms with van der Waals surface area (Å²) in [5.74, 6) is 0. The summed E-state index contributed by atoms with van der Waals surface area (Å²) in [6.07, 6.45) is 0.373. The zero-order valence-electron chi connectivity index (χ0n) is 7.89. The molecule has 1 aromatic rings. The van der Waals surface area contributed by atoms with Crippen LogP contribution >= 0.6 is 0 Å². The summed E-state index contributed by atoms with van der Waals surface area (Å²) in [5, 5.41) is 6.57. The minimum absolute atomic E-state index is 0.373. The molecule has 0 bridgehead atoms. The Labute approximate surface area is 74.0 Å². The summed E-state index contributed by atoms with van der Waals surface area (Å²) in [6, 6.07) is 8.22. The van der Waals surface area contributed by atoms with Gasteiger partial charge in [-0.1, -0.05) is 26.0 Å². The van der Waals surface area contributed by atoms with Gasteiger partial charge in [-0.25, -0.2) is 0 Å². The molecule has 2 heteroatoms. The van der Waals surface area contributed by atoms with Crippen molar-refractivity contribution in [2.24, 2.45) is 0 Å². The van der Waals surface area contributed by atoms with Gasteiger partial charge in [-0.3, -0.25) is 0 Å². The third-order valence-electron chi connectivity index (χ3n) is 1.67. The van der Waals surface area contributed by atoms with Gasteiger partial charge in [0.15, 0.2) is 0 Å². The summed E-state index contributed by atoms with van der Waals surface area (Å²) in [6.45, 7) is 6.10. The van der Waals surface area contributed by atoms with Crippen LogP contribution in [0.3, 0.4) is 0 Å². The van der Waals surface area contributed by atoms with Crippen molar-refractivity contribution in [3.63, 3.8) is 0 Å². The number of nitrogens with one attached hydrogen (secondary N) is 2. The molecule has 0 unspecified atom stereocenters. The molecular weight excluding hydrogens is 148 g/mol. The quantitative estimate of drug-likeness (QED) is 0.616. The molecule has 0 saturated carbocycles. The number of anilines is 2. The number of hydrogen-bond donors (Lipinski definition) is 2. The lowest BCUT2D eigenvalue weighted by Crippen LogP contribution is -2.16. The van der Waals surface area contributed by atoms with Gasteiger partial charge in [0.1, 0.15) is 0 Å². The Hall–Kier alpha value is -1.18. The monoisotopic (exact) mass is 164 g/mol. The van der Waals surface area contributed by atoms with Gasteiger partial charge in [-0.15, -0.1) is 0 Å². The van der Waals surface area contributed by atoms with Crippen LogP contribution in [0.4, 0.5) is 11.4 Å². The highest BCUT2D eigenvalue weighted by atomic mass is 15.2. The predicted molar refractivity (Wildman–Crippen MR) is 54.5 cm³/mol. The summed E-state index contributed by atoms with van der Waals surface area (Å²) in [5.41, 5.74) is 2.41. The van der Waals surface area contributed by atoms with Crippen LogP contribution in [-0.2, 0) is 0 Å². The lowest BCUT2D eigenvalue weighted by atomic mass is 10.3. The second-order valence-electron chi connectivity index (χ2n) is 2.56.